The van der Waals surface area contributed by atoms with Crippen LogP contribution in [0, 0.1) is 0 Å². The van der Waals surface area contributed by atoms with E-state index in [1.807, 2.05) is 66.7 Å². The summed E-state index contributed by atoms with van der Waals surface area (Å²) in [5, 5.41) is 3.88. The van der Waals surface area contributed by atoms with Crippen LogP contribution in [-0.2, 0) is 0 Å². The monoisotopic (exact) mass is 386 g/mol. The van der Waals surface area contributed by atoms with E-state index >= 15 is 0 Å². The lowest BCUT2D eigenvalue weighted by molar-refractivity contribution is 0.100. The predicted octanol–water partition coefficient (Wildman–Crippen LogP) is 6.46. The van der Waals surface area contributed by atoms with Crippen molar-refractivity contribution in [1.82, 2.24) is 0 Å². The molecule has 0 atom stereocenters. The molecule has 0 saturated carbocycles. The summed E-state index contributed by atoms with van der Waals surface area (Å²) >= 11 is 0. The third kappa shape index (κ3) is 3.09. The Morgan fingerprint density at radius 1 is 0.467 bits per heavy atom. The van der Waals surface area contributed by atoms with E-state index in [0.717, 1.165) is 21.5 Å². The minimum Gasteiger partial charge on any atom is -0.289 e. The molecule has 5 aromatic carbocycles. The van der Waals surface area contributed by atoms with Gasteiger partial charge in [0, 0.05) is 22.3 Å². The maximum atomic E-state index is 13.6. The molecule has 0 fully saturated rings. The first-order valence-corrected chi connectivity index (χ1v) is 9.87. The van der Waals surface area contributed by atoms with Crippen molar-refractivity contribution >= 4 is 33.1 Å². The lowest BCUT2D eigenvalue weighted by Gasteiger charge is -2.13. The summed E-state index contributed by atoms with van der Waals surface area (Å²) < 4.78 is 0. The predicted molar refractivity (Wildman–Crippen MR) is 121 cm³/mol. The van der Waals surface area contributed by atoms with E-state index in [9.17, 15) is 9.59 Å². The van der Waals surface area contributed by atoms with Gasteiger partial charge in [-0.1, -0.05) is 91.0 Å². The van der Waals surface area contributed by atoms with Gasteiger partial charge in [-0.3, -0.25) is 9.59 Å². The number of hydrogen-bond donors (Lipinski definition) is 0. The molecular weight excluding hydrogens is 368 g/mol. The summed E-state index contributed by atoms with van der Waals surface area (Å²) in [7, 11) is 0. The third-order valence-electron chi connectivity index (χ3n) is 5.43. The van der Waals surface area contributed by atoms with E-state index in [2.05, 4.69) is 12.1 Å². The van der Waals surface area contributed by atoms with Gasteiger partial charge in [0.15, 0.2) is 11.6 Å². The number of benzene rings is 5. The first-order chi connectivity index (χ1) is 14.7. The second-order valence-electron chi connectivity index (χ2n) is 7.30. The molecule has 0 bridgehead atoms. The fourth-order valence-electron chi connectivity index (χ4n) is 3.93. The zero-order valence-corrected chi connectivity index (χ0v) is 16.2. The summed E-state index contributed by atoms with van der Waals surface area (Å²) in [6.45, 7) is 0. The molecule has 0 unspecified atom stereocenters. The number of ketones is 2. The minimum absolute atomic E-state index is 0.143. The molecule has 5 aromatic rings. The highest BCUT2D eigenvalue weighted by atomic mass is 16.1. The summed E-state index contributed by atoms with van der Waals surface area (Å²) in [6.07, 6.45) is 0. The number of carbonyl (C=O) groups is 2. The maximum Gasteiger partial charge on any atom is 0.194 e. The van der Waals surface area contributed by atoms with Crippen molar-refractivity contribution in [1.29, 1.82) is 0 Å². The quantitative estimate of drug-likeness (QED) is 0.262. The molecule has 5 rings (SSSR count). The highest BCUT2D eigenvalue weighted by Gasteiger charge is 2.22. The van der Waals surface area contributed by atoms with E-state index in [0.29, 0.717) is 22.3 Å². The normalized spacial score (nSPS) is 10.9. The van der Waals surface area contributed by atoms with Gasteiger partial charge in [0.05, 0.1) is 0 Å². The van der Waals surface area contributed by atoms with E-state index in [1.165, 1.54) is 0 Å². The zero-order valence-electron chi connectivity index (χ0n) is 16.2. The molecular formula is C28H18O2. The fourth-order valence-corrected chi connectivity index (χ4v) is 3.93. The Balaban J connectivity index is 1.82. The number of rotatable bonds is 4. The second-order valence-corrected chi connectivity index (χ2v) is 7.30. The van der Waals surface area contributed by atoms with E-state index in [1.54, 1.807) is 30.3 Å². The van der Waals surface area contributed by atoms with Crippen molar-refractivity contribution in [3.8, 4) is 0 Å². The van der Waals surface area contributed by atoms with Gasteiger partial charge >= 0.3 is 0 Å². The number of fused-ring (bicyclic) bond motifs is 2. The minimum atomic E-state index is -0.148. The number of carbonyl (C=O) groups excluding carboxylic acids is 2. The summed E-state index contributed by atoms with van der Waals surface area (Å²) in [5.41, 5.74) is 2.02. The highest BCUT2D eigenvalue weighted by Crippen LogP contribution is 2.30. The molecule has 0 radical (unpaired) electrons. The Hall–Kier alpha value is -4.04. The van der Waals surface area contributed by atoms with Crippen molar-refractivity contribution in [3.05, 3.63) is 131 Å². The van der Waals surface area contributed by atoms with Crippen molar-refractivity contribution in [2.45, 2.75) is 0 Å². The molecule has 0 aliphatic heterocycles. The molecule has 2 nitrogen and oxygen atoms in total. The van der Waals surface area contributed by atoms with Crippen molar-refractivity contribution in [3.63, 3.8) is 0 Å². The Kier molecular flexibility index (Phi) is 4.45. The van der Waals surface area contributed by atoms with Crippen LogP contribution in [0.15, 0.2) is 109 Å². The van der Waals surface area contributed by atoms with Gasteiger partial charge in [-0.2, -0.15) is 0 Å². The van der Waals surface area contributed by atoms with Gasteiger partial charge in [-0.15, -0.1) is 0 Å². The van der Waals surface area contributed by atoms with Crippen LogP contribution in [0.5, 0.6) is 0 Å². The van der Waals surface area contributed by atoms with Gasteiger partial charge in [-0.25, -0.2) is 0 Å². The third-order valence-corrected chi connectivity index (χ3v) is 5.43. The second kappa shape index (κ2) is 7.41. The van der Waals surface area contributed by atoms with Crippen molar-refractivity contribution < 1.29 is 9.59 Å². The molecule has 0 aromatic heterocycles. The Morgan fingerprint density at radius 2 is 1.00 bits per heavy atom. The molecule has 0 spiro atoms. The lowest BCUT2D eigenvalue weighted by Crippen LogP contribution is -2.12. The SMILES string of the molecule is O=C(c1ccccc1)c1ccc2cc3ccccc3cc2c1C(=O)c1ccccc1. The molecule has 0 heterocycles. The van der Waals surface area contributed by atoms with Crippen molar-refractivity contribution in [2.24, 2.45) is 0 Å². The van der Waals surface area contributed by atoms with Crippen LogP contribution < -0.4 is 0 Å². The van der Waals surface area contributed by atoms with Crippen LogP contribution in [-0.4, -0.2) is 11.6 Å². The molecule has 0 N–H and O–H groups in total. The smallest absolute Gasteiger partial charge is 0.194 e. The lowest BCUT2D eigenvalue weighted by atomic mass is 9.88. The fraction of sp³-hybridized carbons (Fsp3) is 0. The largest absolute Gasteiger partial charge is 0.289 e. The van der Waals surface area contributed by atoms with E-state index in [4.69, 9.17) is 0 Å². The van der Waals surface area contributed by atoms with Gasteiger partial charge < -0.3 is 0 Å². The Labute approximate surface area is 174 Å². The van der Waals surface area contributed by atoms with Crippen LogP contribution in [0.1, 0.15) is 31.8 Å². The molecule has 0 aliphatic carbocycles. The first kappa shape index (κ1) is 18.0. The molecule has 2 heteroatoms. The van der Waals surface area contributed by atoms with Gasteiger partial charge in [-0.05, 0) is 39.7 Å². The van der Waals surface area contributed by atoms with Crippen LogP contribution >= 0.6 is 0 Å². The summed E-state index contributed by atoms with van der Waals surface area (Å²) in [6, 6.07) is 34.1. The highest BCUT2D eigenvalue weighted by molar-refractivity contribution is 6.25. The Morgan fingerprint density at radius 3 is 1.63 bits per heavy atom. The molecule has 142 valence electrons. The van der Waals surface area contributed by atoms with Crippen LogP contribution in [0.3, 0.4) is 0 Å². The van der Waals surface area contributed by atoms with E-state index in [-0.39, 0.29) is 11.6 Å². The van der Waals surface area contributed by atoms with Crippen LogP contribution in [0.25, 0.3) is 21.5 Å². The van der Waals surface area contributed by atoms with Crippen LogP contribution in [0.4, 0.5) is 0 Å². The van der Waals surface area contributed by atoms with Crippen molar-refractivity contribution in [2.75, 3.05) is 0 Å². The molecule has 0 aliphatic rings. The first-order valence-electron chi connectivity index (χ1n) is 9.87. The molecule has 0 saturated heterocycles. The van der Waals surface area contributed by atoms with Crippen LogP contribution in [0.2, 0.25) is 0 Å². The summed E-state index contributed by atoms with van der Waals surface area (Å²) in [5.74, 6) is -0.291. The molecule has 0 amide bonds. The average Bonchev–Trinajstić information content (AvgIpc) is 2.82. The maximum absolute atomic E-state index is 13.6. The number of hydrogen-bond acceptors (Lipinski definition) is 2. The topological polar surface area (TPSA) is 34.1 Å². The van der Waals surface area contributed by atoms with Gasteiger partial charge in [0.1, 0.15) is 0 Å². The zero-order chi connectivity index (χ0) is 20.5. The van der Waals surface area contributed by atoms with Gasteiger partial charge in [0.25, 0.3) is 0 Å². The summed E-state index contributed by atoms with van der Waals surface area (Å²) in [4.78, 5) is 27.0. The standard InChI is InChI=1S/C28H18O2/c29-27(19-9-3-1-4-10-19)24-16-15-23-17-21-13-7-8-14-22(21)18-25(23)26(24)28(30)20-11-5-2-6-12-20/h1-18H. The average molecular weight is 386 g/mol. The van der Waals surface area contributed by atoms with E-state index < -0.39 is 0 Å². The molecule has 30 heavy (non-hydrogen) atoms. The van der Waals surface area contributed by atoms with Gasteiger partial charge in [0.2, 0.25) is 0 Å². The Bertz CT molecular complexity index is 1400.